The van der Waals surface area contributed by atoms with Crippen LogP contribution in [-0.2, 0) is 0 Å². The summed E-state index contributed by atoms with van der Waals surface area (Å²) in [6.45, 7) is 12.1. The van der Waals surface area contributed by atoms with Crippen molar-refractivity contribution in [1.29, 1.82) is 0 Å². The summed E-state index contributed by atoms with van der Waals surface area (Å²) in [6, 6.07) is 0. The Hall–Kier alpha value is -0.0800. The van der Waals surface area contributed by atoms with Gasteiger partial charge >= 0.3 is 0 Å². The minimum atomic E-state index is 0.297. The van der Waals surface area contributed by atoms with Gasteiger partial charge < -0.3 is 10.6 Å². The van der Waals surface area contributed by atoms with Crippen LogP contribution in [0.3, 0.4) is 0 Å². The molecule has 0 amide bonds. The minimum absolute atomic E-state index is 0.297. The van der Waals surface area contributed by atoms with E-state index in [9.17, 15) is 0 Å². The molecule has 80 valence electrons. The second kappa shape index (κ2) is 5.61. The Kier molecular flexibility index (Phi) is 5.57. The molecule has 0 atom stereocenters. The van der Waals surface area contributed by atoms with Crippen molar-refractivity contribution in [2.24, 2.45) is 17.1 Å². The highest BCUT2D eigenvalue weighted by Crippen LogP contribution is 2.18. The van der Waals surface area contributed by atoms with Gasteiger partial charge in [0.05, 0.1) is 0 Å². The maximum Gasteiger partial charge on any atom is 0.000134 e. The van der Waals surface area contributed by atoms with Crippen LogP contribution in [0, 0.1) is 11.3 Å². The molecule has 2 heteroatoms. The molecule has 0 rings (SSSR count). The highest BCUT2D eigenvalue weighted by atomic mass is 15.1. The molecule has 0 aliphatic heterocycles. The van der Waals surface area contributed by atoms with E-state index in [2.05, 4.69) is 39.6 Å². The van der Waals surface area contributed by atoms with Crippen molar-refractivity contribution in [3.05, 3.63) is 0 Å². The lowest BCUT2D eigenvalue weighted by atomic mass is 9.89. The fourth-order valence-electron chi connectivity index (χ4n) is 1.31. The highest BCUT2D eigenvalue weighted by Gasteiger charge is 2.15. The van der Waals surface area contributed by atoms with Crippen LogP contribution in [0.25, 0.3) is 0 Å². The molecule has 13 heavy (non-hydrogen) atoms. The molecule has 0 saturated carbocycles. The van der Waals surface area contributed by atoms with Crippen LogP contribution in [0.5, 0.6) is 0 Å². The van der Waals surface area contributed by atoms with Gasteiger partial charge in [-0.25, -0.2) is 0 Å². The molecule has 0 fully saturated rings. The zero-order valence-electron chi connectivity index (χ0n) is 9.93. The van der Waals surface area contributed by atoms with Crippen LogP contribution in [0.1, 0.15) is 34.1 Å². The Bertz CT molecular complexity index is 130. The molecule has 0 aromatic heterocycles. The minimum Gasteiger partial charge on any atom is -0.330 e. The highest BCUT2D eigenvalue weighted by molar-refractivity contribution is 4.71. The molecule has 2 nitrogen and oxygen atoms in total. The molecule has 2 N–H and O–H groups in total. The maximum atomic E-state index is 5.68. The van der Waals surface area contributed by atoms with Crippen LogP contribution >= 0.6 is 0 Å². The smallest absolute Gasteiger partial charge is 0.000134 e. The number of nitrogens with two attached hydrogens (primary N) is 1. The van der Waals surface area contributed by atoms with Crippen molar-refractivity contribution in [3.63, 3.8) is 0 Å². The third kappa shape index (κ3) is 7.03. The zero-order valence-corrected chi connectivity index (χ0v) is 9.93. The standard InChI is InChI=1S/C11H26N2/c1-10(2)8-13(5)7-6-11(3,4)9-12/h10H,6-9,12H2,1-5H3. The first-order chi connectivity index (χ1) is 5.87. The molecule has 0 spiro atoms. The van der Waals surface area contributed by atoms with Gasteiger partial charge in [0, 0.05) is 6.54 Å². The van der Waals surface area contributed by atoms with Crippen LogP contribution in [0.2, 0.25) is 0 Å². The van der Waals surface area contributed by atoms with Gasteiger partial charge in [0.2, 0.25) is 0 Å². The van der Waals surface area contributed by atoms with E-state index in [4.69, 9.17) is 5.73 Å². The van der Waals surface area contributed by atoms with Crippen LogP contribution in [-0.4, -0.2) is 31.6 Å². The van der Waals surface area contributed by atoms with Gasteiger partial charge in [-0.15, -0.1) is 0 Å². The van der Waals surface area contributed by atoms with Crippen molar-refractivity contribution >= 4 is 0 Å². The molecule has 0 aliphatic rings. The lowest BCUT2D eigenvalue weighted by Gasteiger charge is -2.26. The van der Waals surface area contributed by atoms with Crippen LogP contribution < -0.4 is 5.73 Å². The predicted octanol–water partition coefficient (Wildman–Crippen LogP) is 1.95. The van der Waals surface area contributed by atoms with E-state index in [1.165, 1.54) is 13.0 Å². The fourth-order valence-corrected chi connectivity index (χ4v) is 1.31. The van der Waals surface area contributed by atoms with Gasteiger partial charge in [0.15, 0.2) is 0 Å². The van der Waals surface area contributed by atoms with Crippen LogP contribution in [0.15, 0.2) is 0 Å². The molecule has 0 aromatic carbocycles. The third-order valence-electron chi connectivity index (χ3n) is 2.40. The van der Waals surface area contributed by atoms with E-state index < -0.39 is 0 Å². The summed E-state index contributed by atoms with van der Waals surface area (Å²) >= 11 is 0. The average molecular weight is 186 g/mol. The summed E-state index contributed by atoms with van der Waals surface area (Å²) in [4.78, 5) is 2.39. The molecule has 0 aliphatic carbocycles. The van der Waals surface area contributed by atoms with Crippen LogP contribution in [0.4, 0.5) is 0 Å². The van der Waals surface area contributed by atoms with Gasteiger partial charge in [0.1, 0.15) is 0 Å². The van der Waals surface area contributed by atoms with E-state index in [0.717, 1.165) is 19.0 Å². The summed E-state index contributed by atoms with van der Waals surface area (Å²) in [5, 5.41) is 0. The topological polar surface area (TPSA) is 29.3 Å². The fraction of sp³-hybridized carbons (Fsp3) is 1.00. The quantitative estimate of drug-likeness (QED) is 0.687. The lowest BCUT2D eigenvalue weighted by molar-refractivity contribution is 0.236. The Labute approximate surface area is 83.5 Å². The first-order valence-corrected chi connectivity index (χ1v) is 5.26. The second-order valence-corrected chi connectivity index (χ2v) is 5.27. The third-order valence-corrected chi connectivity index (χ3v) is 2.40. The van der Waals surface area contributed by atoms with Crippen molar-refractivity contribution in [2.75, 3.05) is 26.7 Å². The molecular weight excluding hydrogens is 160 g/mol. The number of rotatable bonds is 6. The molecule has 0 aromatic rings. The molecule has 0 heterocycles. The Morgan fingerprint density at radius 1 is 1.31 bits per heavy atom. The van der Waals surface area contributed by atoms with Crippen molar-refractivity contribution in [3.8, 4) is 0 Å². The molecule has 0 bridgehead atoms. The van der Waals surface area contributed by atoms with Crippen molar-refractivity contribution in [2.45, 2.75) is 34.1 Å². The number of nitrogens with zero attached hydrogens (tertiary/aromatic N) is 1. The summed E-state index contributed by atoms with van der Waals surface area (Å²) in [5.74, 6) is 0.756. The zero-order chi connectivity index (χ0) is 10.5. The Balaban J connectivity index is 3.63. The number of hydrogen-bond acceptors (Lipinski definition) is 2. The largest absolute Gasteiger partial charge is 0.330 e. The van der Waals surface area contributed by atoms with E-state index >= 15 is 0 Å². The van der Waals surface area contributed by atoms with Crippen molar-refractivity contribution in [1.82, 2.24) is 4.90 Å². The monoisotopic (exact) mass is 186 g/mol. The maximum absolute atomic E-state index is 5.68. The Morgan fingerprint density at radius 2 is 1.85 bits per heavy atom. The average Bonchev–Trinajstić information content (AvgIpc) is 2.00. The summed E-state index contributed by atoms with van der Waals surface area (Å²) in [5.41, 5.74) is 5.97. The van der Waals surface area contributed by atoms with Gasteiger partial charge in [-0.2, -0.15) is 0 Å². The molecule has 0 unspecified atom stereocenters. The van der Waals surface area contributed by atoms with E-state index in [-0.39, 0.29) is 0 Å². The first kappa shape index (κ1) is 12.9. The van der Waals surface area contributed by atoms with E-state index in [0.29, 0.717) is 5.41 Å². The summed E-state index contributed by atoms with van der Waals surface area (Å²) < 4.78 is 0. The van der Waals surface area contributed by atoms with Crippen molar-refractivity contribution < 1.29 is 0 Å². The molecule has 0 saturated heterocycles. The summed E-state index contributed by atoms with van der Waals surface area (Å²) in [7, 11) is 2.19. The van der Waals surface area contributed by atoms with E-state index in [1.54, 1.807) is 0 Å². The first-order valence-electron chi connectivity index (χ1n) is 5.26. The predicted molar refractivity (Wildman–Crippen MR) is 59.8 cm³/mol. The molecule has 0 radical (unpaired) electrons. The molecular formula is C11H26N2. The second-order valence-electron chi connectivity index (χ2n) is 5.27. The Morgan fingerprint density at radius 3 is 2.23 bits per heavy atom. The SMILES string of the molecule is CC(C)CN(C)CCC(C)(C)CN. The lowest BCUT2D eigenvalue weighted by Crippen LogP contribution is -2.31. The van der Waals surface area contributed by atoms with Gasteiger partial charge in [-0.1, -0.05) is 27.7 Å². The van der Waals surface area contributed by atoms with Gasteiger partial charge in [-0.05, 0) is 37.9 Å². The number of hydrogen-bond donors (Lipinski definition) is 1. The van der Waals surface area contributed by atoms with E-state index in [1.807, 2.05) is 0 Å². The van der Waals surface area contributed by atoms with Gasteiger partial charge in [0.25, 0.3) is 0 Å². The normalized spacial score (nSPS) is 12.9. The summed E-state index contributed by atoms with van der Waals surface area (Å²) in [6.07, 6.45) is 1.19. The van der Waals surface area contributed by atoms with Gasteiger partial charge in [-0.3, -0.25) is 0 Å².